The Bertz CT molecular complexity index is 973. The number of benzene rings is 1. The average molecular weight is 392 g/mol. The van der Waals surface area contributed by atoms with Crippen LogP contribution in [0.5, 0.6) is 0 Å². The number of rotatable bonds is 5. The number of hydrogen-bond donors (Lipinski definition) is 1. The van der Waals surface area contributed by atoms with E-state index in [0.29, 0.717) is 6.04 Å². The summed E-state index contributed by atoms with van der Waals surface area (Å²) in [5, 5.41) is 4.53. The van der Waals surface area contributed by atoms with E-state index in [-0.39, 0.29) is 0 Å². The first-order valence-corrected chi connectivity index (χ1v) is 11.0. The Kier molecular flexibility index (Phi) is 4.72. The van der Waals surface area contributed by atoms with E-state index in [1.54, 1.807) is 11.3 Å². The number of aromatic nitrogens is 3. The van der Waals surface area contributed by atoms with Crippen molar-refractivity contribution < 1.29 is 0 Å². The van der Waals surface area contributed by atoms with Crippen molar-refractivity contribution in [2.45, 2.75) is 45.1 Å². The maximum atomic E-state index is 5.09. The maximum Gasteiger partial charge on any atom is 0.223 e. The Morgan fingerprint density at radius 1 is 1.07 bits per heavy atom. The fourth-order valence-electron chi connectivity index (χ4n) is 3.66. The molecule has 1 saturated carbocycles. The SMILES string of the molecule is Cc1cccc(-c2nc(N3CCCCC3)sc2-c2ccnc(NC3CC3)n2)c1. The number of nitrogens with zero attached hydrogens (tertiary/aromatic N) is 4. The van der Waals surface area contributed by atoms with Gasteiger partial charge in [-0.3, -0.25) is 0 Å². The number of aryl methyl sites for hydroxylation is 1. The van der Waals surface area contributed by atoms with Gasteiger partial charge in [0, 0.05) is 30.9 Å². The normalized spacial score (nSPS) is 17.0. The summed E-state index contributed by atoms with van der Waals surface area (Å²) in [4.78, 5) is 17.9. The van der Waals surface area contributed by atoms with Gasteiger partial charge >= 0.3 is 0 Å². The van der Waals surface area contributed by atoms with Crippen molar-refractivity contribution in [3.8, 4) is 21.8 Å². The van der Waals surface area contributed by atoms with Gasteiger partial charge in [-0.05, 0) is 51.2 Å². The summed E-state index contributed by atoms with van der Waals surface area (Å²) in [7, 11) is 0. The van der Waals surface area contributed by atoms with Crippen LogP contribution in [0.1, 0.15) is 37.7 Å². The number of nitrogens with one attached hydrogen (secondary N) is 1. The second kappa shape index (κ2) is 7.51. The fraction of sp³-hybridized carbons (Fsp3) is 0.409. The van der Waals surface area contributed by atoms with Gasteiger partial charge in [-0.2, -0.15) is 0 Å². The molecule has 5 rings (SSSR count). The van der Waals surface area contributed by atoms with E-state index in [4.69, 9.17) is 9.97 Å². The van der Waals surface area contributed by atoms with Crippen molar-refractivity contribution in [3.05, 3.63) is 42.1 Å². The lowest BCUT2D eigenvalue weighted by Crippen LogP contribution is -2.29. The molecule has 1 aliphatic heterocycles. The van der Waals surface area contributed by atoms with Gasteiger partial charge in [-0.25, -0.2) is 15.0 Å². The molecule has 2 fully saturated rings. The molecule has 2 aliphatic rings. The Morgan fingerprint density at radius 2 is 1.93 bits per heavy atom. The quantitative estimate of drug-likeness (QED) is 0.653. The van der Waals surface area contributed by atoms with Crippen molar-refractivity contribution in [2.24, 2.45) is 0 Å². The van der Waals surface area contributed by atoms with Crippen LogP contribution in [0, 0.1) is 6.92 Å². The molecular weight excluding hydrogens is 366 g/mol. The molecule has 0 unspecified atom stereocenters. The Morgan fingerprint density at radius 3 is 2.71 bits per heavy atom. The van der Waals surface area contributed by atoms with E-state index in [1.165, 1.54) is 37.7 Å². The number of hydrogen-bond acceptors (Lipinski definition) is 6. The highest BCUT2D eigenvalue weighted by molar-refractivity contribution is 7.19. The van der Waals surface area contributed by atoms with Gasteiger partial charge in [0.1, 0.15) is 0 Å². The highest BCUT2D eigenvalue weighted by Crippen LogP contribution is 2.40. The van der Waals surface area contributed by atoms with Gasteiger partial charge in [0.15, 0.2) is 5.13 Å². The summed E-state index contributed by atoms with van der Waals surface area (Å²) in [6.07, 6.45) is 8.09. The predicted octanol–water partition coefficient (Wildman–Crippen LogP) is 5.14. The highest BCUT2D eigenvalue weighted by Gasteiger charge is 2.24. The highest BCUT2D eigenvalue weighted by atomic mass is 32.1. The molecule has 1 aromatic carbocycles. The molecule has 1 N–H and O–H groups in total. The first kappa shape index (κ1) is 17.6. The van der Waals surface area contributed by atoms with Gasteiger partial charge in [0.05, 0.1) is 16.3 Å². The van der Waals surface area contributed by atoms with Crippen molar-refractivity contribution in [1.82, 2.24) is 15.0 Å². The van der Waals surface area contributed by atoms with Crippen molar-refractivity contribution in [3.63, 3.8) is 0 Å². The van der Waals surface area contributed by atoms with E-state index in [9.17, 15) is 0 Å². The maximum absolute atomic E-state index is 5.09. The second-order valence-electron chi connectivity index (χ2n) is 7.78. The zero-order valence-corrected chi connectivity index (χ0v) is 17.0. The van der Waals surface area contributed by atoms with Crippen molar-refractivity contribution >= 4 is 22.4 Å². The number of piperidine rings is 1. The Hall–Kier alpha value is -2.47. The molecule has 0 radical (unpaired) electrons. The number of thiazole rings is 1. The van der Waals surface area contributed by atoms with Gasteiger partial charge in [-0.1, -0.05) is 35.1 Å². The summed E-state index contributed by atoms with van der Waals surface area (Å²) in [5.74, 6) is 0.725. The zero-order valence-electron chi connectivity index (χ0n) is 16.2. The van der Waals surface area contributed by atoms with Crippen molar-refractivity contribution in [1.29, 1.82) is 0 Å². The molecule has 3 heterocycles. The minimum absolute atomic E-state index is 0.539. The number of anilines is 2. The van der Waals surface area contributed by atoms with Crippen LogP contribution in [0.4, 0.5) is 11.1 Å². The summed E-state index contributed by atoms with van der Waals surface area (Å²) < 4.78 is 0. The van der Waals surface area contributed by atoms with Crippen LogP contribution in [0.15, 0.2) is 36.5 Å². The minimum atomic E-state index is 0.539. The first-order chi connectivity index (χ1) is 13.8. The topological polar surface area (TPSA) is 53.9 Å². The molecule has 1 aliphatic carbocycles. The molecule has 0 amide bonds. The van der Waals surface area contributed by atoms with Crippen LogP contribution in [0.3, 0.4) is 0 Å². The first-order valence-electron chi connectivity index (χ1n) is 10.2. The molecule has 0 bridgehead atoms. The molecule has 5 nitrogen and oxygen atoms in total. The predicted molar refractivity (Wildman–Crippen MR) is 116 cm³/mol. The molecule has 6 heteroatoms. The molecule has 1 saturated heterocycles. The van der Waals surface area contributed by atoms with Crippen LogP contribution in [0.2, 0.25) is 0 Å². The molecule has 2 aromatic heterocycles. The van der Waals surface area contributed by atoms with Gasteiger partial charge in [0.2, 0.25) is 5.95 Å². The summed E-state index contributed by atoms with van der Waals surface area (Å²) in [6, 6.07) is 11.1. The van der Waals surface area contributed by atoms with E-state index in [0.717, 1.165) is 46.0 Å². The third-order valence-electron chi connectivity index (χ3n) is 5.33. The van der Waals surface area contributed by atoms with Crippen molar-refractivity contribution in [2.75, 3.05) is 23.3 Å². The third kappa shape index (κ3) is 3.74. The summed E-state index contributed by atoms with van der Waals surface area (Å²) in [6.45, 7) is 4.32. The fourth-order valence-corrected chi connectivity index (χ4v) is 4.77. The molecular formula is C22H25N5S. The second-order valence-corrected chi connectivity index (χ2v) is 8.75. The van der Waals surface area contributed by atoms with Crippen LogP contribution in [-0.2, 0) is 0 Å². The lowest BCUT2D eigenvalue weighted by molar-refractivity contribution is 0.577. The molecule has 3 aromatic rings. The van der Waals surface area contributed by atoms with E-state index in [2.05, 4.69) is 46.4 Å². The van der Waals surface area contributed by atoms with Gasteiger partial charge in [-0.15, -0.1) is 0 Å². The Balaban J connectivity index is 1.57. The standard InChI is InChI=1S/C22H25N5S/c1-15-6-5-7-16(14-15)19-20(28-22(26-19)27-12-3-2-4-13-27)18-10-11-23-21(25-18)24-17-8-9-17/h5-7,10-11,14,17H,2-4,8-9,12-13H2,1H3,(H,23,24,25). The van der Waals surface area contributed by atoms with Gasteiger partial charge in [0.25, 0.3) is 0 Å². The van der Waals surface area contributed by atoms with Gasteiger partial charge < -0.3 is 10.2 Å². The van der Waals surface area contributed by atoms with E-state index < -0.39 is 0 Å². The molecule has 144 valence electrons. The minimum Gasteiger partial charge on any atom is -0.351 e. The largest absolute Gasteiger partial charge is 0.351 e. The smallest absolute Gasteiger partial charge is 0.223 e. The zero-order chi connectivity index (χ0) is 18.9. The van der Waals surface area contributed by atoms with Crippen LogP contribution in [0.25, 0.3) is 21.8 Å². The van der Waals surface area contributed by atoms with Crippen LogP contribution >= 0.6 is 11.3 Å². The van der Waals surface area contributed by atoms with Crippen LogP contribution < -0.4 is 10.2 Å². The Labute approximate surface area is 169 Å². The summed E-state index contributed by atoms with van der Waals surface area (Å²) in [5.41, 5.74) is 4.39. The molecule has 0 spiro atoms. The monoisotopic (exact) mass is 391 g/mol. The average Bonchev–Trinajstić information content (AvgIpc) is 3.42. The van der Waals surface area contributed by atoms with Crippen LogP contribution in [-0.4, -0.2) is 34.1 Å². The lowest BCUT2D eigenvalue weighted by atomic mass is 10.1. The van der Waals surface area contributed by atoms with E-state index in [1.807, 2.05) is 12.3 Å². The summed E-state index contributed by atoms with van der Waals surface area (Å²) >= 11 is 1.76. The molecule has 0 atom stereocenters. The lowest BCUT2D eigenvalue weighted by Gasteiger charge is -2.25. The van der Waals surface area contributed by atoms with E-state index >= 15 is 0 Å². The molecule has 28 heavy (non-hydrogen) atoms. The third-order valence-corrected chi connectivity index (χ3v) is 6.47.